The summed E-state index contributed by atoms with van der Waals surface area (Å²) in [4.78, 5) is 13.0. The zero-order valence-electron chi connectivity index (χ0n) is 14.2. The van der Waals surface area contributed by atoms with Crippen molar-refractivity contribution < 1.29 is 5.11 Å². The molecule has 0 saturated carbocycles. The normalized spacial score (nSPS) is 15.4. The van der Waals surface area contributed by atoms with Gasteiger partial charge in [-0.3, -0.25) is 4.90 Å². The smallest absolute Gasteiger partial charge is 0.159 e. The van der Waals surface area contributed by atoms with E-state index in [1.54, 1.807) is 0 Å². The molecule has 7 nitrogen and oxygen atoms in total. The Hall–Kier alpha value is -2.09. The fraction of sp³-hybridized carbons (Fsp3) is 0.412. The highest BCUT2D eigenvalue weighted by atomic mass is 35.5. The van der Waals surface area contributed by atoms with Gasteiger partial charge in [-0.05, 0) is 24.6 Å². The lowest BCUT2D eigenvalue weighted by molar-refractivity contribution is 0.188. The number of β-amino-alcohol motifs (C(OH)–C–C–N with tert-alkyl or cyclic N) is 1. The van der Waals surface area contributed by atoms with Crippen molar-refractivity contribution in [3.8, 4) is 0 Å². The number of benzene rings is 1. The van der Waals surface area contributed by atoms with E-state index < -0.39 is 0 Å². The first-order valence-electron chi connectivity index (χ1n) is 8.30. The van der Waals surface area contributed by atoms with Gasteiger partial charge in [0.05, 0.1) is 6.61 Å². The van der Waals surface area contributed by atoms with Crippen LogP contribution in [0.3, 0.4) is 0 Å². The number of aryl methyl sites for hydroxylation is 1. The average molecular weight is 363 g/mol. The number of hydrogen-bond donors (Lipinski definition) is 3. The quantitative estimate of drug-likeness (QED) is 0.748. The molecule has 25 heavy (non-hydrogen) atoms. The standard InChI is InChI=1S/C17H23ClN6O/c1-12-2-3-13(18)10-14(12)22-16-15(19)17(21-11-20-16)24-6-4-23(5-7-24)8-9-25/h2-3,10-11,25H,4-9,19H2,1H3,(H,20,21,22). The second-order valence-electron chi connectivity index (χ2n) is 6.10. The number of nitrogens with two attached hydrogens (primary N) is 1. The van der Waals surface area contributed by atoms with Gasteiger partial charge in [0.2, 0.25) is 0 Å². The summed E-state index contributed by atoms with van der Waals surface area (Å²) in [7, 11) is 0. The fourth-order valence-electron chi connectivity index (χ4n) is 2.92. The Balaban J connectivity index is 1.77. The third-order valence-electron chi connectivity index (χ3n) is 4.40. The number of piperazine rings is 1. The van der Waals surface area contributed by atoms with Crippen LogP contribution in [-0.4, -0.2) is 59.3 Å². The molecule has 2 heterocycles. The summed E-state index contributed by atoms with van der Waals surface area (Å²) in [6, 6.07) is 5.65. The van der Waals surface area contributed by atoms with Gasteiger partial charge in [-0.15, -0.1) is 0 Å². The molecule has 0 spiro atoms. The summed E-state index contributed by atoms with van der Waals surface area (Å²) in [6.45, 7) is 6.27. The lowest BCUT2D eigenvalue weighted by atomic mass is 10.2. The van der Waals surface area contributed by atoms with E-state index in [-0.39, 0.29) is 6.61 Å². The van der Waals surface area contributed by atoms with Crippen LogP contribution >= 0.6 is 11.6 Å². The Morgan fingerprint density at radius 3 is 2.72 bits per heavy atom. The van der Waals surface area contributed by atoms with Gasteiger partial charge in [0.25, 0.3) is 0 Å². The summed E-state index contributed by atoms with van der Waals surface area (Å²) < 4.78 is 0. The van der Waals surface area contributed by atoms with E-state index >= 15 is 0 Å². The first kappa shape index (κ1) is 17.7. The number of nitrogen functional groups attached to an aromatic ring is 1. The van der Waals surface area contributed by atoms with Gasteiger partial charge in [0.1, 0.15) is 12.0 Å². The summed E-state index contributed by atoms with van der Waals surface area (Å²) >= 11 is 6.08. The number of rotatable bonds is 5. The van der Waals surface area contributed by atoms with Crippen molar-refractivity contribution in [1.82, 2.24) is 14.9 Å². The maximum Gasteiger partial charge on any atom is 0.159 e. The number of halogens is 1. The minimum Gasteiger partial charge on any atom is -0.395 e. The predicted molar refractivity (Wildman–Crippen MR) is 102 cm³/mol. The van der Waals surface area contributed by atoms with Crippen molar-refractivity contribution in [2.75, 3.05) is 55.3 Å². The molecule has 0 bridgehead atoms. The van der Waals surface area contributed by atoms with Gasteiger partial charge in [0, 0.05) is 43.4 Å². The summed E-state index contributed by atoms with van der Waals surface area (Å²) in [5, 5.41) is 13.0. The van der Waals surface area contributed by atoms with Crippen molar-refractivity contribution in [1.29, 1.82) is 0 Å². The minimum absolute atomic E-state index is 0.183. The molecule has 0 atom stereocenters. The Morgan fingerprint density at radius 1 is 1.24 bits per heavy atom. The van der Waals surface area contributed by atoms with Crippen LogP contribution in [0.4, 0.5) is 23.0 Å². The molecule has 1 aliphatic heterocycles. The molecule has 134 valence electrons. The molecule has 0 unspecified atom stereocenters. The Kier molecular flexibility index (Phi) is 5.57. The van der Waals surface area contributed by atoms with E-state index in [4.69, 9.17) is 22.4 Å². The van der Waals surface area contributed by atoms with Crippen LogP contribution in [0.1, 0.15) is 5.56 Å². The van der Waals surface area contributed by atoms with Gasteiger partial charge in [-0.1, -0.05) is 17.7 Å². The zero-order valence-corrected chi connectivity index (χ0v) is 15.0. The number of nitrogens with zero attached hydrogens (tertiary/aromatic N) is 4. The van der Waals surface area contributed by atoms with Crippen LogP contribution in [0, 0.1) is 6.92 Å². The molecule has 0 radical (unpaired) electrons. The lowest BCUT2D eigenvalue weighted by Crippen LogP contribution is -2.47. The summed E-state index contributed by atoms with van der Waals surface area (Å²) in [5.74, 6) is 1.31. The van der Waals surface area contributed by atoms with E-state index in [9.17, 15) is 0 Å². The van der Waals surface area contributed by atoms with Gasteiger partial charge in [0.15, 0.2) is 11.6 Å². The molecule has 0 aliphatic carbocycles. The first-order chi connectivity index (χ1) is 12.1. The number of aliphatic hydroxyl groups excluding tert-OH is 1. The number of anilines is 4. The van der Waals surface area contributed by atoms with Crippen molar-refractivity contribution in [3.63, 3.8) is 0 Å². The average Bonchev–Trinajstić information content (AvgIpc) is 2.61. The van der Waals surface area contributed by atoms with Crippen LogP contribution < -0.4 is 16.0 Å². The number of nitrogens with one attached hydrogen (secondary N) is 1. The van der Waals surface area contributed by atoms with Crippen molar-refractivity contribution in [2.45, 2.75) is 6.92 Å². The maximum atomic E-state index is 9.05. The molecule has 1 aromatic carbocycles. The molecule has 1 fully saturated rings. The molecule has 0 amide bonds. The second-order valence-corrected chi connectivity index (χ2v) is 6.53. The third kappa shape index (κ3) is 4.12. The van der Waals surface area contributed by atoms with Crippen molar-refractivity contribution in [3.05, 3.63) is 35.1 Å². The number of aromatic nitrogens is 2. The molecule has 1 aliphatic rings. The van der Waals surface area contributed by atoms with Crippen LogP contribution in [-0.2, 0) is 0 Å². The van der Waals surface area contributed by atoms with E-state index in [0.717, 1.165) is 43.2 Å². The molecule has 1 saturated heterocycles. The Labute approximate surface area is 152 Å². The van der Waals surface area contributed by atoms with E-state index in [1.807, 2.05) is 25.1 Å². The highest BCUT2D eigenvalue weighted by molar-refractivity contribution is 6.30. The van der Waals surface area contributed by atoms with Crippen molar-refractivity contribution >= 4 is 34.6 Å². The van der Waals surface area contributed by atoms with Gasteiger partial charge < -0.3 is 21.1 Å². The Morgan fingerprint density at radius 2 is 2.00 bits per heavy atom. The van der Waals surface area contributed by atoms with Crippen LogP contribution in [0.25, 0.3) is 0 Å². The van der Waals surface area contributed by atoms with Crippen LogP contribution in [0.15, 0.2) is 24.5 Å². The van der Waals surface area contributed by atoms with E-state index in [2.05, 4.69) is 25.1 Å². The molecular formula is C17H23ClN6O. The second kappa shape index (κ2) is 7.86. The molecule has 1 aromatic heterocycles. The predicted octanol–water partition coefficient (Wildman–Crippen LogP) is 1.88. The van der Waals surface area contributed by atoms with Crippen LogP contribution in [0.5, 0.6) is 0 Å². The van der Waals surface area contributed by atoms with E-state index in [0.29, 0.717) is 23.1 Å². The number of hydrogen-bond acceptors (Lipinski definition) is 7. The summed E-state index contributed by atoms with van der Waals surface area (Å²) in [6.07, 6.45) is 1.52. The van der Waals surface area contributed by atoms with Gasteiger partial charge >= 0.3 is 0 Å². The summed E-state index contributed by atoms with van der Waals surface area (Å²) in [5.41, 5.74) is 8.78. The zero-order chi connectivity index (χ0) is 17.8. The molecule has 8 heteroatoms. The minimum atomic E-state index is 0.183. The maximum absolute atomic E-state index is 9.05. The topological polar surface area (TPSA) is 90.5 Å². The molecular weight excluding hydrogens is 340 g/mol. The van der Waals surface area contributed by atoms with Gasteiger partial charge in [-0.25, -0.2) is 9.97 Å². The largest absolute Gasteiger partial charge is 0.395 e. The first-order valence-corrected chi connectivity index (χ1v) is 8.68. The van der Waals surface area contributed by atoms with Crippen molar-refractivity contribution in [2.24, 2.45) is 0 Å². The SMILES string of the molecule is Cc1ccc(Cl)cc1Nc1ncnc(N2CCN(CCO)CC2)c1N. The highest BCUT2D eigenvalue weighted by Gasteiger charge is 2.21. The lowest BCUT2D eigenvalue weighted by Gasteiger charge is -2.35. The molecule has 3 rings (SSSR count). The fourth-order valence-corrected chi connectivity index (χ4v) is 3.09. The monoisotopic (exact) mass is 362 g/mol. The molecule has 2 aromatic rings. The Bertz CT molecular complexity index is 733. The van der Waals surface area contributed by atoms with Crippen LogP contribution in [0.2, 0.25) is 5.02 Å². The van der Waals surface area contributed by atoms with E-state index in [1.165, 1.54) is 6.33 Å². The number of aliphatic hydroxyl groups is 1. The molecule has 4 N–H and O–H groups in total. The third-order valence-corrected chi connectivity index (χ3v) is 4.64. The highest BCUT2D eigenvalue weighted by Crippen LogP contribution is 2.31. The van der Waals surface area contributed by atoms with Gasteiger partial charge in [-0.2, -0.15) is 0 Å².